The Bertz CT molecular complexity index is 757. The lowest BCUT2D eigenvalue weighted by molar-refractivity contribution is -0.133. The minimum absolute atomic E-state index is 0.0146. The lowest BCUT2D eigenvalue weighted by Gasteiger charge is -2.35. The zero-order chi connectivity index (χ0) is 17.3. The molecular weight excluding hydrogens is 324 g/mol. The van der Waals surface area contributed by atoms with Crippen LogP contribution >= 0.6 is 11.3 Å². The predicted molar refractivity (Wildman–Crippen MR) is 93.9 cm³/mol. The Morgan fingerprint density at radius 1 is 1.33 bits per heavy atom. The molecule has 2 aromatic rings. The van der Waals surface area contributed by atoms with Crippen LogP contribution in [-0.2, 0) is 17.6 Å². The van der Waals surface area contributed by atoms with Crippen molar-refractivity contribution in [3.63, 3.8) is 0 Å². The summed E-state index contributed by atoms with van der Waals surface area (Å²) in [6.07, 6.45) is 1.18. The summed E-state index contributed by atoms with van der Waals surface area (Å²) in [5, 5.41) is 2.95. The van der Waals surface area contributed by atoms with Gasteiger partial charge >= 0.3 is 0 Å². The van der Waals surface area contributed by atoms with Crippen molar-refractivity contribution in [3.05, 3.63) is 39.3 Å². The number of hydrogen-bond acceptors (Lipinski definition) is 5. The van der Waals surface area contributed by atoms with Gasteiger partial charge in [-0.25, -0.2) is 4.98 Å². The van der Waals surface area contributed by atoms with Crippen molar-refractivity contribution in [1.29, 1.82) is 0 Å². The number of aryl methyl sites for hydroxylation is 1. The molecule has 0 radical (unpaired) electrons. The van der Waals surface area contributed by atoms with Crippen LogP contribution < -0.4 is 9.47 Å². The van der Waals surface area contributed by atoms with Crippen molar-refractivity contribution in [2.75, 3.05) is 20.8 Å². The highest BCUT2D eigenvalue weighted by Gasteiger charge is 2.29. The van der Waals surface area contributed by atoms with Crippen molar-refractivity contribution in [3.8, 4) is 11.5 Å². The average Bonchev–Trinajstić information content (AvgIpc) is 2.98. The first-order valence-corrected chi connectivity index (χ1v) is 8.86. The summed E-state index contributed by atoms with van der Waals surface area (Å²) in [4.78, 5) is 19.0. The molecule has 0 fully saturated rings. The number of carbonyl (C=O) groups excluding carboxylic acids is 1. The third kappa shape index (κ3) is 3.11. The minimum Gasteiger partial charge on any atom is -0.493 e. The van der Waals surface area contributed by atoms with E-state index in [9.17, 15) is 4.79 Å². The van der Waals surface area contributed by atoms with E-state index >= 15 is 0 Å². The fourth-order valence-electron chi connectivity index (χ4n) is 3.23. The van der Waals surface area contributed by atoms with E-state index in [0.717, 1.165) is 28.4 Å². The highest BCUT2D eigenvalue weighted by atomic mass is 32.1. The van der Waals surface area contributed by atoms with E-state index in [1.165, 1.54) is 5.56 Å². The van der Waals surface area contributed by atoms with Crippen molar-refractivity contribution < 1.29 is 14.3 Å². The van der Waals surface area contributed by atoms with Gasteiger partial charge in [0.25, 0.3) is 0 Å². The van der Waals surface area contributed by atoms with Crippen molar-refractivity contribution in [1.82, 2.24) is 9.88 Å². The van der Waals surface area contributed by atoms with E-state index in [1.54, 1.807) is 25.6 Å². The van der Waals surface area contributed by atoms with Crippen LogP contribution in [0.15, 0.2) is 17.5 Å². The normalized spacial score (nSPS) is 16.7. The van der Waals surface area contributed by atoms with E-state index in [1.807, 2.05) is 29.3 Å². The molecular formula is C18H22N2O3S. The van der Waals surface area contributed by atoms with Gasteiger partial charge in [0.05, 0.1) is 37.4 Å². The molecule has 1 amide bonds. The number of ether oxygens (including phenoxy) is 2. The van der Waals surface area contributed by atoms with Crippen LogP contribution in [0, 0.1) is 6.92 Å². The fourth-order valence-corrected chi connectivity index (χ4v) is 3.84. The molecule has 0 aliphatic carbocycles. The summed E-state index contributed by atoms with van der Waals surface area (Å²) in [7, 11) is 3.27. The van der Waals surface area contributed by atoms with E-state index in [-0.39, 0.29) is 11.9 Å². The zero-order valence-electron chi connectivity index (χ0n) is 14.5. The molecule has 3 rings (SSSR count). The number of methoxy groups -OCH3 is 2. The van der Waals surface area contributed by atoms with Crippen LogP contribution in [0.5, 0.6) is 11.5 Å². The number of hydrogen-bond donors (Lipinski definition) is 0. The van der Waals surface area contributed by atoms with Gasteiger partial charge in [0.15, 0.2) is 11.5 Å². The van der Waals surface area contributed by atoms with Crippen LogP contribution in [0.4, 0.5) is 0 Å². The maximum atomic E-state index is 12.7. The summed E-state index contributed by atoms with van der Waals surface area (Å²) < 4.78 is 10.8. The zero-order valence-corrected chi connectivity index (χ0v) is 15.3. The predicted octanol–water partition coefficient (Wildman–Crippen LogP) is 3.16. The van der Waals surface area contributed by atoms with Crippen molar-refractivity contribution in [2.24, 2.45) is 0 Å². The van der Waals surface area contributed by atoms with E-state index in [4.69, 9.17) is 9.47 Å². The van der Waals surface area contributed by atoms with Crippen LogP contribution in [0.1, 0.15) is 34.8 Å². The lowest BCUT2D eigenvalue weighted by atomic mass is 9.92. The number of benzene rings is 1. The Labute approximate surface area is 146 Å². The summed E-state index contributed by atoms with van der Waals surface area (Å²) in [6.45, 7) is 4.73. The number of amides is 1. The maximum absolute atomic E-state index is 12.7. The summed E-state index contributed by atoms with van der Waals surface area (Å²) in [5.41, 5.74) is 3.20. The number of rotatable bonds is 4. The highest BCUT2D eigenvalue weighted by Crippen LogP contribution is 2.38. The summed E-state index contributed by atoms with van der Waals surface area (Å²) in [6, 6.07) is 4.03. The Hall–Kier alpha value is -2.08. The molecule has 1 aliphatic heterocycles. The first-order chi connectivity index (χ1) is 11.5. The van der Waals surface area contributed by atoms with Crippen LogP contribution in [-0.4, -0.2) is 36.6 Å². The van der Waals surface area contributed by atoms with Gasteiger partial charge in [-0.05, 0) is 43.5 Å². The first-order valence-electron chi connectivity index (χ1n) is 7.98. The van der Waals surface area contributed by atoms with E-state index < -0.39 is 0 Å². The number of nitrogens with zero attached hydrogens (tertiary/aromatic N) is 2. The Morgan fingerprint density at radius 2 is 2.04 bits per heavy atom. The van der Waals surface area contributed by atoms with E-state index in [0.29, 0.717) is 18.7 Å². The van der Waals surface area contributed by atoms with Gasteiger partial charge in [-0.3, -0.25) is 4.79 Å². The van der Waals surface area contributed by atoms with Gasteiger partial charge in [-0.2, -0.15) is 0 Å². The topological polar surface area (TPSA) is 51.7 Å². The minimum atomic E-state index is 0.0146. The van der Waals surface area contributed by atoms with Gasteiger partial charge in [-0.1, -0.05) is 0 Å². The maximum Gasteiger partial charge on any atom is 0.229 e. The van der Waals surface area contributed by atoms with Crippen LogP contribution in [0.2, 0.25) is 0 Å². The molecule has 2 heterocycles. The van der Waals surface area contributed by atoms with E-state index in [2.05, 4.69) is 11.9 Å². The molecule has 24 heavy (non-hydrogen) atoms. The van der Waals surface area contributed by atoms with Gasteiger partial charge < -0.3 is 14.4 Å². The second-order valence-corrected chi connectivity index (χ2v) is 7.02. The first kappa shape index (κ1) is 16.8. The van der Waals surface area contributed by atoms with Crippen LogP contribution in [0.3, 0.4) is 0 Å². The monoisotopic (exact) mass is 346 g/mol. The number of aromatic nitrogens is 1. The molecule has 1 aliphatic rings. The highest BCUT2D eigenvalue weighted by molar-refractivity contribution is 7.09. The number of fused-ring (bicyclic) bond motifs is 1. The molecule has 1 aromatic heterocycles. The number of thiazole rings is 1. The Balaban J connectivity index is 1.83. The molecule has 1 atom stereocenters. The summed E-state index contributed by atoms with van der Waals surface area (Å²) >= 11 is 1.58. The fraction of sp³-hybridized carbons (Fsp3) is 0.444. The van der Waals surface area contributed by atoms with Crippen molar-refractivity contribution in [2.45, 2.75) is 32.7 Å². The SMILES string of the molecule is COc1cc2c(cc1OC)[C@H](C)N(C(=O)Cc1csc(C)n1)CC2. The molecule has 6 heteroatoms. The standard InChI is InChI=1S/C18H22N2O3S/c1-11-15-9-17(23-4)16(22-3)7-13(15)5-6-20(11)18(21)8-14-10-24-12(2)19-14/h7,9-11H,5-6,8H2,1-4H3/t11-/m0/s1. The molecule has 0 unspecified atom stereocenters. The molecule has 1 aromatic carbocycles. The van der Waals surface area contributed by atoms with Gasteiger partial charge in [0.2, 0.25) is 5.91 Å². The molecule has 128 valence electrons. The smallest absolute Gasteiger partial charge is 0.229 e. The molecule has 0 saturated heterocycles. The van der Waals surface area contributed by atoms with Gasteiger partial charge in [-0.15, -0.1) is 11.3 Å². The Morgan fingerprint density at radius 3 is 2.67 bits per heavy atom. The molecule has 0 N–H and O–H groups in total. The molecule has 0 spiro atoms. The second kappa shape index (κ2) is 6.81. The van der Waals surface area contributed by atoms with Crippen LogP contribution in [0.25, 0.3) is 0 Å². The molecule has 0 saturated carbocycles. The third-order valence-electron chi connectivity index (χ3n) is 4.50. The van der Waals surface area contributed by atoms with Crippen molar-refractivity contribution >= 4 is 17.2 Å². The average molecular weight is 346 g/mol. The Kier molecular flexibility index (Phi) is 4.76. The molecule has 0 bridgehead atoms. The largest absolute Gasteiger partial charge is 0.493 e. The quantitative estimate of drug-likeness (QED) is 0.853. The third-order valence-corrected chi connectivity index (χ3v) is 5.33. The number of carbonyl (C=O) groups is 1. The second-order valence-electron chi connectivity index (χ2n) is 5.95. The summed E-state index contributed by atoms with van der Waals surface area (Å²) in [5.74, 6) is 1.56. The van der Waals surface area contributed by atoms with Gasteiger partial charge in [0, 0.05) is 11.9 Å². The van der Waals surface area contributed by atoms with Gasteiger partial charge in [0.1, 0.15) is 0 Å². The lowest BCUT2D eigenvalue weighted by Crippen LogP contribution is -2.39. The molecule has 5 nitrogen and oxygen atoms in total.